The molecule has 3 saturated heterocycles. The first-order valence-electron chi connectivity index (χ1n) is 9.55. The van der Waals surface area contributed by atoms with Gasteiger partial charge in [0.05, 0.1) is 31.0 Å². The number of piperazine rings is 1. The van der Waals surface area contributed by atoms with Crippen LogP contribution in [0.4, 0.5) is 10.1 Å². The van der Waals surface area contributed by atoms with Crippen LogP contribution in [0.25, 0.3) is 11.4 Å². The van der Waals surface area contributed by atoms with Gasteiger partial charge in [-0.15, -0.1) is 0 Å². The van der Waals surface area contributed by atoms with Crippen molar-refractivity contribution in [2.45, 2.75) is 24.9 Å². The van der Waals surface area contributed by atoms with Crippen molar-refractivity contribution in [1.82, 2.24) is 19.8 Å². The number of benzene rings is 1. The lowest BCUT2D eigenvalue weighted by Crippen LogP contribution is -2.80. The van der Waals surface area contributed by atoms with E-state index in [1.807, 2.05) is 29.2 Å². The smallest absolute Gasteiger partial charge is 0.237 e. The highest BCUT2D eigenvalue weighted by Gasteiger charge is 2.53. The molecule has 0 saturated carbocycles. The molecule has 1 amide bonds. The minimum atomic E-state index is -0.434. The van der Waals surface area contributed by atoms with Crippen LogP contribution < -0.4 is 4.90 Å². The zero-order valence-electron chi connectivity index (χ0n) is 15.1. The number of carbonyl (C=O) groups is 1. The van der Waals surface area contributed by atoms with Gasteiger partial charge in [-0.3, -0.25) is 9.69 Å². The van der Waals surface area contributed by atoms with Crippen molar-refractivity contribution >= 4 is 11.6 Å². The van der Waals surface area contributed by atoms with Crippen LogP contribution in [0.3, 0.4) is 0 Å². The van der Waals surface area contributed by atoms with Crippen LogP contribution in [-0.4, -0.2) is 70.5 Å². The third-order valence-corrected chi connectivity index (χ3v) is 5.97. The van der Waals surface area contributed by atoms with Crippen LogP contribution in [0, 0.1) is 5.82 Å². The molecule has 2 unspecified atom stereocenters. The zero-order valence-corrected chi connectivity index (χ0v) is 15.1. The predicted octanol–water partition coefficient (Wildman–Crippen LogP) is 1.78. The Morgan fingerprint density at radius 1 is 1.04 bits per heavy atom. The number of fused-ring (bicyclic) bond motifs is 1. The van der Waals surface area contributed by atoms with Crippen molar-refractivity contribution < 1.29 is 9.18 Å². The maximum Gasteiger partial charge on any atom is 0.237 e. The molecule has 5 rings (SSSR count). The number of amides is 1. The van der Waals surface area contributed by atoms with Crippen LogP contribution in [-0.2, 0) is 4.79 Å². The number of carbonyl (C=O) groups excluding carboxylic acids is 1. The second kappa shape index (κ2) is 6.56. The van der Waals surface area contributed by atoms with E-state index in [1.54, 1.807) is 0 Å². The van der Waals surface area contributed by atoms with E-state index in [-0.39, 0.29) is 5.91 Å². The summed E-state index contributed by atoms with van der Waals surface area (Å²) < 4.78 is 13.0. The normalized spacial score (nSPS) is 24.3. The monoisotopic (exact) mass is 367 g/mol. The third-order valence-electron chi connectivity index (χ3n) is 5.97. The molecule has 0 N–H and O–H groups in total. The van der Waals surface area contributed by atoms with Gasteiger partial charge in [0.25, 0.3) is 0 Å². The van der Waals surface area contributed by atoms with Gasteiger partial charge < -0.3 is 9.80 Å². The Kier molecular flexibility index (Phi) is 4.04. The van der Waals surface area contributed by atoms with E-state index in [0.29, 0.717) is 24.5 Å². The van der Waals surface area contributed by atoms with Crippen LogP contribution in [0.15, 0.2) is 36.7 Å². The molecule has 140 valence electrons. The summed E-state index contributed by atoms with van der Waals surface area (Å²) in [5.41, 5.74) is 2.01. The fraction of sp³-hybridized carbons (Fsp3) is 0.450. The molecule has 4 heterocycles. The van der Waals surface area contributed by atoms with E-state index in [0.717, 1.165) is 37.4 Å². The maximum atomic E-state index is 13.0. The minimum absolute atomic E-state index is 0.279. The van der Waals surface area contributed by atoms with E-state index in [4.69, 9.17) is 0 Å². The fourth-order valence-corrected chi connectivity index (χ4v) is 4.32. The van der Waals surface area contributed by atoms with E-state index in [2.05, 4.69) is 19.8 Å². The average Bonchev–Trinajstić information content (AvgIpc) is 3.17. The molecule has 0 spiro atoms. The molecule has 7 heteroatoms. The summed E-state index contributed by atoms with van der Waals surface area (Å²) >= 11 is 0. The van der Waals surface area contributed by atoms with Crippen molar-refractivity contribution in [1.29, 1.82) is 0 Å². The number of hydrogen-bond acceptors (Lipinski definition) is 5. The Morgan fingerprint density at radius 2 is 1.74 bits per heavy atom. The summed E-state index contributed by atoms with van der Waals surface area (Å²) in [6.45, 7) is 4.41. The van der Waals surface area contributed by atoms with Crippen molar-refractivity contribution in [3.8, 4) is 11.4 Å². The molecule has 3 fully saturated rings. The van der Waals surface area contributed by atoms with Gasteiger partial charge in [-0.05, 0) is 50.2 Å². The lowest BCUT2D eigenvalue weighted by atomic mass is 9.84. The lowest BCUT2D eigenvalue weighted by Gasteiger charge is -2.62. The van der Waals surface area contributed by atoms with Crippen molar-refractivity contribution in [2.75, 3.05) is 37.6 Å². The van der Waals surface area contributed by atoms with Gasteiger partial charge in [-0.1, -0.05) is 0 Å². The Bertz CT molecular complexity index is 834. The summed E-state index contributed by atoms with van der Waals surface area (Å²) in [5, 5.41) is 0. The number of hydrogen-bond donors (Lipinski definition) is 0. The van der Waals surface area contributed by atoms with E-state index >= 15 is 0 Å². The summed E-state index contributed by atoms with van der Waals surface area (Å²) in [7, 11) is 0. The van der Waals surface area contributed by atoms with E-state index in [1.165, 1.54) is 25.2 Å². The molecule has 3 aliphatic heterocycles. The van der Waals surface area contributed by atoms with Gasteiger partial charge in [-0.2, -0.15) is 0 Å². The molecule has 1 aromatic carbocycles. The molecule has 6 nitrogen and oxygen atoms in total. The van der Waals surface area contributed by atoms with Crippen LogP contribution in [0.1, 0.15) is 12.8 Å². The Labute approximate surface area is 157 Å². The highest BCUT2D eigenvalue weighted by Crippen LogP contribution is 2.38. The minimum Gasteiger partial charge on any atom is -0.362 e. The van der Waals surface area contributed by atoms with Crippen molar-refractivity contribution in [3.05, 3.63) is 42.5 Å². The number of aromatic nitrogens is 2. The van der Waals surface area contributed by atoms with Gasteiger partial charge in [-0.25, -0.2) is 14.4 Å². The molecule has 1 aromatic heterocycles. The molecule has 2 aromatic rings. The summed E-state index contributed by atoms with van der Waals surface area (Å²) in [5.74, 6) is 0.365. The predicted molar refractivity (Wildman–Crippen MR) is 99.7 cm³/mol. The van der Waals surface area contributed by atoms with Crippen molar-refractivity contribution in [3.63, 3.8) is 0 Å². The van der Waals surface area contributed by atoms with Crippen molar-refractivity contribution in [2.24, 2.45) is 0 Å². The number of rotatable bonds is 4. The molecule has 0 bridgehead atoms. The molecule has 0 aliphatic carbocycles. The summed E-state index contributed by atoms with van der Waals surface area (Å²) in [6.07, 6.45) is 4.79. The highest BCUT2D eigenvalue weighted by atomic mass is 19.1. The van der Waals surface area contributed by atoms with Gasteiger partial charge in [0.15, 0.2) is 11.6 Å². The first kappa shape index (κ1) is 16.6. The Hall–Kier alpha value is -2.54. The topological polar surface area (TPSA) is 52.6 Å². The van der Waals surface area contributed by atoms with Gasteiger partial charge >= 0.3 is 0 Å². The second-order valence-corrected chi connectivity index (χ2v) is 7.59. The number of anilines is 1. The standard InChI is InChI=1S/C20H22FN5O/c21-15-9-22-20(23-10-15)14-3-5-16(6-4-14)25-11-18-17(25)12-26(18)19(27)13-24-7-1-2-8-24/h3-6,9-10,17-18H,1-2,7-8,11-13H2. The molecule has 27 heavy (non-hydrogen) atoms. The average molecular weight is 367 g/mol. The quantitative estimate of drug-likeness (QED) is 0.825. The van der Waals surface area contributed by atoms with Crippen LogP contribution in [0.5, 0.6) is 0 Å². The number of nitrogens with zero attached hydrogens (tertiary/aromatic N) is 5. The first-order valence-corrected chi connectivity index (χ1v) is 9.55. The number of likely N-dealkylation sites (tertiary alicyclic amines) is 2. The summed E-state index contributed by atoms with van der Waals surface area (Å²) in [4.78, 5) is 27.2. The molecule has 2 atom stereocenters. The largest absolute Gasteiger partial charge is 0.362 e. The second-order valence-electron chi connectivity index (χ2n) is 7.59. The molecular formula is C20H22FN5O. The molecular weight excluding hydrogens is 345 g/mol. The highest BCUT2D eigenvalue weighted by molar-refractivity contribution is 5.81. The van der Waals surface area contributed by atoms with E-state index in [9.17, 15) is 9.18 Å². The van der Waals surface area contributed by atoms with Gasteiger partial charge in [0.1, 0.15) is 0 Å². The fourth-order valence-electron chi connectivity index (χ4n) is 4.32. The summed E-state index contributed by atoms with van der Waals surface area (Å²) in [6, 6.07) is 8.82. The van der Waals surface area contributed by atoms with Gasteiger partial charge in [0.2, 0.25) is 5.91 Å². The van der Waals surface area contributed by atoms with E-state index < -0.39 is 5.82 Å². The molecule has 3 aliphatic rings. The molecule has 0 radical (unpaired) electrons. The SMILES string of the molecule is O=C(CN1CCCC1)N1CC2C1CN2c1ccc(-c2ncc(F)cn2)cc1. The third kappa shape index (κ3) is 2.96. The zero-order chi connectivity index (χ0) is 18.4. The lowest BCUT2D eigenvalue weighted by molar-refractivity contribution is -0.144. The van der Waals surface area contributed by atoms with Crippen LogP contribution >= 0.6 is 0 Å². The first-order chi connectivity index (χ1) is 13.2. The van der Waals surface area contributed by atoms with Gasteiger partial charge in [0, 0.05) is 24.3 Å². The van der Waals surface area contributed by atoms with Crippen LogP contribution in [0.2, 0.25) is 0 Å². The Morgan fingerprint density at radius 3 is 2.37 bits per heavy atom. The maximum absolute atomic E-state index is 13.0. The number of halogens is 1. The Balaban J connectivity index is 1.19.